The van der Waals surface area contributed by atoms with Crippen molar-refractivity contribution in [3.8, 4) is 0 Å². The second kappa shape index (κ2) is 6.47. The molecule has 8 heteroatoms. The van der Waals surface area contributed by atoms with Crippen LogP contribution in [0.4, 0.5) is 22.7 Å². The molecule has 0 aliphatic carbocycles. The molecule has 6 nitrogen and oxygen atoms in total. The van der Waals surface area contributed by atoms with Crippen LogP contribution >= 0.6 is 0 Å². The SMILES string of the molecule is Nc1ccc(Nc2ccc(N)cc2S(=O)(=O)O)cc1.[Na]. The number of benzene rings is 2. The molecule has 0 atom stereocenters. The van der Waals surface area contributed by atoms with Gasteiger partial charge in [-0.3, -0.25) is 4.55 Å². The monoisotopic (exact) mass is 302 g/mol. The van der Waals surface area contributed by atoms with E-state index in [1.165, 1.54) is 18.2 Å². The molecule has 0 aliphatic heterocycles. The van der Waals surface area contributed by atoms with E-state index in [1.54, 1.807) is 24.3 Å². The van der Waals surface area contributed by atoms with Crippen LogP contribution in [0.2, 0.25) is 0 Å². The molecule has 0 amide bonds. The molecule has 2 rings (SSSR count). The third-order valence-electron chi connectivity index (χ3n) is 2.47. The molecule has 101 valence electrons. The van der Waals surface area contributed by atoms with Crippen molar-refractivity contribution in [3.05, 3.63) is 42.5 Å². The van der Waals surface area contributed by atoms with Crippen LogP contribution in [0.1, 0.15) is 0 Å². The Morgan fingerprint density at radius 1 is 0.950 bits per heavy atom. The first-order valence-corrected chi connectivity index (χ1v) is 6.80. The Kier molecular flexibility index (Phi) is 5.43. The van der Waals surface area contributed by atoms with E-state index in [0.29, 0.717) is 11.4 Å². The first kappa shape index (κ1) is 16.8. The molecule has 0 fully saturated rings. The van der Waals surface area contributed by atoms with E-state index >= 15 is 0 Å². The Hall–Kier alpha value is -1.25. The third kappa shape index (κ3) is 4.12. The summed E-state index contributed by atoms with van der Waals surface area (Å²) in [5, 5.41) is 2.88. The number of rotatable bonds is 3. The van der Waals surface area contributed by atoms with Gasteiger partial charge in [0.15, 0.2) is 0 Å². The Morgan fingerprint density at radius 3 is 2.05 bits per heavy atom. The van der Waals surface area contributed by atoms with Crippen molar-refractivity contribution in [2.24, 2.45) is 0 Å². The predicted molar refractivity (Wildman–Crippen MR) is 80.6 cm³/mol. The summed E-state index contributed by atoms with van der Waals surface area (Å²) in [6.07, 6.45) is 0. The van der Waals surface area contributed by atoms with E-state index in [9.17, 15) is 13.0 Å². The summed E-state index contributed by atoms with van der Waals surface area (Å²) in [6, 6.07) is 10.9. The quantitative estimate of drug-likeness (QED) is 0.387. The summed E-state index contributed by atoms with van der Waals surface area (Å²) < 4.78 is 31.8. The van der Waals surface area contributed by atoms with Gasteiger partial charge in [-0.25, -0.2) is 0 Å². The van der Waals surface area contributed by atoms with Crippen LogP contribution in [0.5, 0.6) is 0 Å². The summed E-state index contributed by atoms with van der Waals surface area (Å²) in [6.45, 7) is 0. The van der Waals surface area contributed by atoms with Gasteiger partial charge in [0.1, 0.15) is 4.90 Å². The first-order valence-electron chi connectivity index (χ1n) is 5.36. The molecule has 0 aromatic heterocycles. The summed E-state index contributed by atoms with van der Waals surface area (Å²) in [5.41, 5.74) is 12.8. The number of hydrogen-bond acceptors (Lipinski definition) is 5. The molecule has 0 spiro atoms. The van der Waals surface area contributed by atoms with Gasteiger partial charge in [-0.05, 0) is 42.5 Å². The largest absolute Gasteiger partial charge is 0.399 e. The molecule has 0 unspecified atom stereocenters. The van der Waals surface area contributed by atoms with Gasteiger partial charge in [-0.2, -0.15) is 8.42 Å². The topological polar surface area (TPSA) is 118 Å². The molecule has 6 N–H and O–H groups in total. The number of nitrogens with one attached hydrogen (secondary N) is 1. The molecule has 0 heterocycles. The minimum absolute atomic E-state index is 0. The minimum atomic E-state index is -4.35. The van der Waals surface area contributed by atoms with Crippen molar-refractivity contribution in [2.75, 3.05) is 16.8 Å². The molecule has 2 aromatic carbocycles. The summed E-state index contributed by atoms with van der Waals surface area (Å²) >= 11 is 0. The van der Waals surface area contributed by atoms with Crippen molar-refractivity contribution in [1.82, 2.24) is 0 Å². The number of hydrogen-bond donors (Lipinski definition) is 4. The maximum absolute atomic E-state index is 11.3. The fourth-order valence-corrected chi connectivity index (χ4v) is 2.26. The maximum Gasteiger partial charge on any atom is 0.296 e. The van der Waals surface area contributed by atoms with Crippen molar-refractivity contribution in [3.63, 3.8) is 0 Å². The van der Waals surface area contributed by atoms with Crippen molar-refractivity contribution < 1.29 is 13.0 Å². The van der Waals surface area contributed by atoms with Gasteiger partial charge in [0.25, 0.3) is 10.1 Å². The second-order valence-corrected chi connectivity index (χ2v) is 5.37. The smallest absolute Gasteiger partial charge is 0.296 e. The van der Waals surface area contributed by atoms with Gasteiger partial charge < -0.3 is 16.8 Å². The van der Waals surface area contributed by atoms with Crippen LogP contribution in [0.3, 0.4) is 0 Å². The Labute approximate surface area is 139 Å². The van der Waals surface area contributed by atoms with Crippen LogP contribution in [0, 0.1) is 0 Å². The molecular formula is C12H13N3NaO3S. The van der Waals surface area contributed by atoms with Gasteiger partial charge in [-0.15, -0.1) is 0 Å². The molecule has 1 radical (unpaired) electrons. The van der Waals surface area contributed by atoms with Gasteiger partial charge in [0.2, 0.25) is 0 Å². The van der Waals surface area contributed by atoms with Gasteiger partial charge in [0.05, 0.1) is 5.69 Å². The molecule has 0 saturated heterocycles. The fourth-order valence-electron chi connectivity index (χ4n) is 1.58. The molecule has 0 saturated carbocycles. The zero-order valence-corrected chi connectivity index (χ0v) is 13.7. The Bertz CT molecular complexity index is 702. The Balaban J connectivity index is 0.00000200. The van der Waals surface area contributed by atoms with E-state index in [-0.39, 0.29) is 45.8 Å². The summed E-state index contributed by atoms with van der Waals surface area (Å²) in [5.74, 6) is 0. The van der Waals surface area contributed by atoms with Crippen LogP contribution in [0.25, 0.3) is 0 Å². The minimum Gasteiger partial charge on any atom is -0.399 e. The van der Waals surface area contributed by atoms with Crippen LogP contribution in [-0.4, -0.2) is 42.5 Å². The van der Waals surface area contributed by atoms with Gasteiger partial charge in [0, 0.05) is 46.6 Å². The van der Waals surface area contributed by atoms with E-state index < -0.39 is 10.1 Å². The fraction of sp³-hybridized carbons (Fsp3) is 0. The predicted octanol–water partition coefficient (Wildman–Crippen LogP) is 1.46. The molecule has 0 aliphatic rings. The second-order valence-electron chi connectivity index (χ2n) is 3.98. The normalized spacial score (nSPS) is 10.7. The molecule has 0 bridgehead atoms. The zero-order chi connectivity index (χ0) is 14.0. The molecule has 20 heavy (non-hydrogen) atoms. The standard InChI is InChI=1S/C12H13N3O3S.Na/c13-8-1-4-10(5-2-8)15-11-6-3-9(14)7-12(11)19(16,17)18;/h1-7,15H,13-14H2,(H,16,17,18);. The number of nitrogen functional groups attached to an aromatic ring is 2. The summed E-state index contributed by atoms with van der Waals surface area (Å²) in [7, 11) is -4.35. The maximum atomic E-state index is 11.3. The Morgan fingerprint density at radius 2 is 1.50 bits per heavy atom. The van der Waals surface area contributed by atoms with E-state index in [0.717, 1.165) is 0 Å². The van der Waals surface area contributed by atoms with Gasteiger partial charge in [-0.1, -0.05) is 0 Å². The first-order chi connectivity index (χ1) is 8.86. The average molecular weight is 302 g/mol. The number of anilines is 4. The molecular weight excluding hydrogens is 289 g/mol. The third-order valence-corrected chi connectivity index (χ3v) is 3.37. The van der Waals surface area contributed by atoms with Crippen LogP contribution < -0.4 is 16.8 Å². The van der Waals surface area contributed by atoms with Crippen molar-refractivity contribution in [1.29, 1.82) is 0 Å². The van der Waals surface area contributed by atoms with E-state index in [1.807, 2.05) is 0 Å². The zero-order valence-electron chi connectivity index (χ0n) is 10.9. The van der Waals surface area contributed by atoms with E-state index in [2.05, 4.69) is 5.32 Å². The summed E-state index contributed by atoms with van der Waals surface area (Å²) in [4.78, 5) is -0.274. The van der Waals surface area contributed by atoms with Crippen LogP contribution in [-0.2, 0) is 10.1 Å². The van der Waals surface area contributed by atoms with E-state index in [4.69, 9.17) is 11.5 Å². The average Bonchev–Trinajstić information content (AvgIpc) is 2.33. The van der Waals surface area contributed by atoms with Crippen molar-refractivity contribution in [2.45, 2.75) is 4.90 Å². The molecule has 2 aromatic rings. The van der Waals surface area contributed by atoms with Crippen LogP contribution in [0.15, 0.2) is 47.4 Å². The van der Waals surface area contributed by atoms with Gasteiger partial charge >= 0.3 is 0 Å². The van der Waals surface area contributed by atoms with Crippen molar-refractivity contribution >= 4 is 62.4 Å². The number of nitrogens with two attached hydrogens (primary N) is 2.